The van der Waals surface area contributed by atoms with Gasteiger partial charge in [0.1, 0.15) is 0 Å². The summed E-state index contributed by atoms with van der Waals surface area (Å²) in [5, 5.41) is 11.5. The van der Waals surface area contributed by atoms with Gasteiger partial charge in [0.05, 0.1) is 0 Å². The molecule has 0 aliphatic carbocycles. The summed E-state index contributed by atoms with van der Waals surface area (Å²) in [6, 6.07) is -0.0827. The minimum absolute atomic E-state index is 0.0726. The number of amides is 2. The van der Waals surface area contributed by atoms with Crippen molar-refractivity contribution in [2.45, 2.75) is 32.2 Å². The standard InChI is InChI=1S/C11H20N2O3S/c1-11(2,4-3-9(14)15)12-10(16)13-5-7-17-8-6-13/h3-8H2,1-2H3,(H,12,16)(H,14,15). The zero-order valence-corrected chi connectivity index (χ0v) is 11.2. The molecule has 17 heavy (non-hydrogen) atoms. The van der Waals surface area contributed by atoms with Crippen LogP contribution in [-0.4, -0.2) is 52.1 Å². The van der Waals surface area contributed by atoms with Crippen LogP contribution >= 0.6 is 11.8 Å². The molecular weight excluding hydrogens is 240 g/mol. The van der Waals surface area contributed by atoms with Crippen LogP contribution in [0.4, 0.5) is 4.79 Å². The lowest BCUT2D eigenvalue weighted by molar-refractivity contribution is -0.137. The first kappa shape index (κ1) is 14.2. The van der Waals surface area contributed by atoms with E-state index in [-0.39, 0.29) is 12.5 Å². The Morgan fingerprint density at radius 3 is 2.47 bits per heavy atom. The third-order valence-electron chi connectivity index (χ3n) is 2.71. The first-order valence-electron chi connectivity index (χ1n) is 5.77. The Morgan fingerprint density at radius 2 is 1.94 bits per heavy atom. The van der Waals surface area contributed by atoms with Gasteiger partial charge in [-0.25, -0.2) is 4.79 Å². The van der Waals surface area contributed by atoms with Crippen molar-refractivity contribution in [1.29, 1.82) is 0 Å². The molecule has 1 aliphatic rings. The van der Waals surface area contributed by atoms with Crippen molar-refractivity contribution in [3.63, 3.8) is 0 Å². The lowest BCUT2D eigenvalue weighted by Crippen LogP contribution is -2.52. The van der Waals surface area contributed by atoms with Gasteiger partial charge in [-0.3, -0.25) is 4.79 Å². The molecule has 0 radical (unpaired) electrons. The van der Waals surface area contributed by atoms with Gasteiger partial charge in [-0.2, -0.15) is 11.8 Å². The fourth-order valence-electron chi connectivity index (χ4n) is 1.62. The zero-order valence-electron chi connectivity index (χ0n) is 10.4. The molecule has 0 saturated carbocycles. The molecule has 0 atom stereocenters. The van der Waals surface area contributed by atoms with Gasteiger partial charge in [-0.15, -0.1) is 0 Å². The molecule has 2 amide bonds. The smallest absolute Gasteiger partial charge is 0.317 e. The molecule has 5 nitrogen and oxygen atoms in total. The molecule has 1 fully saturated rings. The summed E-state index contributed by atoms with van der Waals surface area (Å²) in [5.41, 5.74) is -0.472. The molecule has 0 aromatic heterocycles. The van der Waals surface area contributed by atoms with E-state index in [4.69, 9.17) is 5.11 Å². The third kappa shape index (κ3) is 5.30. The summed E-state index contributed by atoms with van der Waals surface area (Å²) in [4.78, 5) is 24.2. The minimum atomic E-state index is -0.832. The Labute approximate surface area is 106 Å². The van der Waals surface area contributed by atoms with Gasteiger partial charge in [0.25, 0.3) is 0 Å². The van der Waals surface area contributed by atoms with Crippen LogP contribution < -0.4 is 5.32 Å². The van der Waals surface area contributed by atoms with Crippen LogP contribution in [0.25, 0.3) is 0 Å². The zero-order chi connectivity index (χ0) is 12.9. The molecule has 0 unspecified atom stereocenters. The van der Waals surface area contributed by atoms with Gasteiger partial charge in [0, 0.05) is 36.6 Å². The maximum Gasteiger partial charge on any atom is 0.317 e. The number of hydrogen-bond acceptors (Lipinski definition) is 3. The quantitative estimate of drug-likeness (QED) is 0.801. The number of nitrogens with one attached hydrogen (secondary N) is 1. The largest absolute Gasteiger partial charge is 0.481 e. The molecule has 1 aliphatic heterocycles. The molecule has 6 heteroatoms. The van der Waals surface area contributed by atoms with E-state index in [2.05, 4.69) is 5.32 Å². The number of urea groups is 1. The van der Waals surface area contributed by atoms with Crippen LogP contribution in [0.2, 0.25) is 0 Å². The van der Waals surface area contributed by atoms with Gasteiger partial charge in [-0.1, -0.05) is 0 Å². The lowest BCUT2D eigenvalue weighted by Gasteiger charge is -2.32. The van der Waals surface area contributed by atoms with Crippen LogP contribution in [0.1, 0.15) is 26.7 Å². The van der Waals surface area contributed by atoms with E-state index < -0.39 is 11.5 Å². The average Bonchev–Trinajstić information content (AvgIpc) is 2.27. The van der Waals surface area contributed by atoms with E-state index in [1.165, 1.54) is 0 Å². The highest BCUT2D eigenvalue weighted by Crippen LogP contribution is 2.14. The van der Waals surface area contributed by atoms with Crippen molar-refractivity contribution in [2.24, 2.45) is 0 Å². The monoisotopic (exact) mass is 260 g/mol. The number of thioether (sulfide) groups is 1. The Bertz CT molecular complexity index is 288. The van der Waals surface area contributed by atoms with Crippen molar-refractivity contribution >= 4 is 23.8 Å². The van der Waals surface area contributed by atoms with Crippen LogP contribution in [0.15, 0.2) is 0 Å². The molecule has 0 spiro atoms. The highest BCUT2D eigenvalue weighted by Gasteiger charge is 2.25. The van der Waals surface area contributed by atoms with E-state index in [0.717, 1.165) is 24.6 Å². The summed E-state index contributed by atoms with van der Waals surface area (Å²) < 4.78 is 0. The number of hydrogen-bond donors (Lipinski definition) is 2. The van der Waals surface area contributed by atoms with E-state index in [1.54, 1.807) is 4.90 Å². The molecule has 2 N–H and O–H groups in total. The average molecular weight is 260 g/mol. The first-order chi connectivity index (χ1) is 7.91. The molecule has 0 aromatic carbocycles. The van der Waals surface area contributed by atoms with Gasteiger partial charge >= 0.3 is 12.0 Å². The Kier molecular flexibility index (Phi) is 5.11. The summed E-state index contributed by atoms with van der Waals surface area (Å²) in [6.07, 6.45) is 0.514. The highest BCUT2D eigenvalue weighted by molar-refractivity contribution is 7.99. The number of carboxylic acid groups (broad SMARTS) is 1. The van der Waals surface area contributed by atoms with Crippen LogP contribution in [0, 0.1) is 0 Å². The number of rotatable bonds is 4. The van der Waals surface area contributed by atoms with Gasteiger partial charge in [0.2, 0.25) is 0 Å². The second-order valence-electron chi connectivity index (χ2n) is 4.81. The normalized spacial score (nSPS) is 16.7. The topological polar surface area (TPSA) is 69.6 Å². The second-order valence-corrected chi connectivity index (χ2v) is 6.03. The molecule has 0 bridgehead atoms. The van der Waals surface area contributed by atoms with E-state index in [9.17, 15) is 9.59 Å². The SMILES string of the molecule is CC(C)(CCC(=O)O)NC(=O)N1CCSCC1. The van der Waals surface area contributed by atoms with Crippen LogP contribution in [-0.2, 0) is 4.79 Å². The van der Waals surface area contributed by atoms with Gasteiger partial charge in [0.15, 0.2) is 0 Å². The van der Waals surface area contributed by atoms with Crippen molar-refractivity contribution in [3.05, 3.63) is 0 Å². The second kappa shape index (κ2) is 6.14. The maximum atomic E-state index is 11.9. The van der Waals surface area contributed by atoms with Crippen molar-refractivity contribution in [3.8, 4) is 0 Å². The molecule has 0 aromatic rings. The molecule has 98 valence electrons. The summed E-state index contributed by atoms with van der Waals surface area (Å²) in [5.74, 6) is 1.12. The molecular formula is C11H20N2O3S. The summed E-state index contributed by atoms with van der Waals surface area (Å²) in [6.45, 7) is 5.25. The number of aliphatic carboxylic acids is 1. The van der Waals surface area contributed by atoms with Crippen molar-refractivity contribution in [1.82, 2.24) is 10.2 Å². The Hall–Kier alpha value is -0.910. The molecule has 1 heterocycles. The van der Waals surface area contributed by atoms with E-state index >= 15 is 0 Å². The summed E-state index contributed by atoms with van der Waals surface area (Å²) >= 11 is 1.85. The van der Waals surface area contributed by atoms with Gasteiger partial charge < -0.3 is 15.3 Å². The fraction of sp³-hybridized carbons (Fsp3) is 0.818. The predicted molar refractivity (Wildman–Crippen MR) is 68.4 cm³/mol. The van der Waals surface area contributed by atoms with Gasteiger partial charge in [-0.05, 0) is 20.3 Å². The van der Waals surface area contributed by atoms with E-state index in [1.807, 2.05) is 25.6 Å². The van der Waals surface area contributed by atoms with Crippen molar-refractivity contribution in [2.75, 3.05) is 24.6 Å². The Balaban J connectivity index is 2.39. The first-order valence-corrected chi connectivity index (χ1v) is 6.93. The number of carbonyl (C=O) groups is 2. The summed E-state index contributed by atoms with van der Waals surface area (Å²) in [7, 11) is 0. The highest BCUT2D eigenvalue weighted by atomic mass is 32.2. The van der Waals surface area contributed by atoms with Crippen LogP contribution in [0.3, 0.4) is 0 Å². The van der Waals surface area contributed by atoms with Crippen LogP contribution in [0.5, 0.6) is 0 Å². The van der Waals surface area contributed by atoms with Crippen molar-refractivity contribution < 1.29 is 14.7 Å². The minimum Gasteiger partial charge on any atom is -0.481 e. The number of nitrogens with zero attached hydrogens (tertiary/aromatic N) is 1. The molecule has 1 saturated heterocycles. The lowest BCUT2D eigenvalue weighted by atomic mass is 9.99. The predicted octanol–water partition coefficient (Wildman–Crippen LogP) is 1.39. The maximum absolute atomic E-state index is 11.9. The van der Waals surface area contributed by atoms with E-state index in [0.29, 0.717) is 6.42 Å². The molecule has 1 rings (SSSR count). The Morgan fingerprint density at radius 1 is 1.35 bits per heavy atom. The number of carboxylic acids is 1. The third-order valence-corrected chi connectivity index (χ3v) is 3.65. The fourth-order valence-corrected chi connectivity index (χ4v) is 2.52. The number of carbonyl (C=O) groups excluding carboxylic acids is 1.